The van der Waals surface area contributed by atoms with Crippen molar-refractivity contribution in [3.05, 3.63) is 29.8 Å². The summed E-state index contributed by atoms with van der Waals surface area (Å²) in [6, 6.07) is 7.18. The Morgan fingerprint density at radius 3 is 2.33 bits per heavy atom. The van der Waals surface area contributed by atoms with Gasteiger partial charge >= 0.3 is 6.61 Å². The SMILES string of the molecule is O=C(CN1CCN(Cc2ccc(OC(F)F)cc2)CC1)NC1CC1. The molecule has 0 unspecified atom stereocenters. The number of halogens is 2. The Morgan fingerprint density at radius 1 is 1.12 bits per heavy atom. The Balaban J connectivity index is 1.39. The van der Waals surface area contributed by atoms with Crippen LogP contribution in [0.1, 0.15) is 18.4 Å². The molecule has 1 amide bonds. The van der Waals surface area contributed by atoms with Crippen molar-refractivity contribution in [3.63, 3.8) is 0 Å². The van der Waals surface area contributed by atoms with E-state index in [1.807, 2.05) is 12.1 Å². The minimum absolute atomic E-state index is 0.126. The highest BCUT2D eigenvalue weighted by molar-refractivity contribution is 5.78. The van der Waals surface area contributed by atoms with E-state index in [-0.39, 0.29) is 11.7 Å². The van der Waals surface area contributed by atoms with E-state index >= 15 is 0 Å². The summed E-state index contributed by atoms with van der Waals surface area (Å²) < 4.78 is 28.6. The van der Waals surface area contributed by atoms with Crippen LogP contribution < -0.4 is 10.1 Å². The second kappa shape index (κ2) is 7.90. The molecule has 0 radical (unpaired) electrons. The average Bonchev–Trinajstić information content (AvgIpc) is 3.34. The highest BCUT2D eigenvalue weighted by atomic mass is 19.3. The number of carbonyl (C=O) groups is 1. The lowest BCUT2D eigenvalue weighted by atomic mass is 10.2. The number of piperazine rings is 1. The second-order valence-corrected chi connectivity index (χ2v) is 6.42. The number of nitrogens with zero attached hydrogens (tertiary/aromatic N) is 2. The molecular formula is C17H23F2N3O2. The summed E-state index contributed by atoms with van der Waals surface area (Å²) in [7, 11) is 0. The maximum absolute atomic E-state index is 12.1. The first kappa shape index (κ1) is 17.1. The van der Waals surface area contributed by atoms with Crippen molar-refractivity contribution < 1.29 is 18.3 Å². The molecule has 7 heteroatoms. The fourth-order valence-electron chi connectivity index (χ4n) is 2.84. The molecule has 0 atom stereocenters. The van der Waals surface area contributed by atoms with Gasteiger partial charge in [0.2, 0.25) is 5.91 Å². The summed E-state index contributed by atoms with van der Waals surface area (Å²) in [6.45, 7) is 1.98. The number of nitrogens with one attached hydrogen (secondary N) is 1. The van der Waals surface area contributed by atoms with Gasteiger partial charge in [-0.15, -0.1) is 0 Å². The fraction of sp³-hybridized carbons (Fsp3) is 0.588. The molecule has 0 spiro atoms. The van der Waals surface area contributed by atoms with Crippen LogP contribution in [-0.2, 0) is 11.3 Å². The number of hydrogen-bond donors (Lipinski definition) is 1. The normalized spacial score (nSPS) is 19.5. The van der Waals surface area contributed by atoms with E-state index in [1.54, 1.807) is 12.1 Å². The Kier molecular flexibility index (Phi) is 5.63. The zero-order chi connectivity index (χ0) is 16.9. The molecule has 132 valence electrons. The zero-order valence-electron chi connectivity index (χ0n) is 13.6. The van der Waals surface area contributed by atoms with Gasteiger partial charge in [-0.05, 0) is 30.5 Å². The number of rotatable bonds is 7. The number of ether oxygens (including phenoxy) is 1. The highest BCUT2D eigenvalue weighted by Gasteiger charge is 2.25. The van der Waals surface area contributed by atoms with Crippen LogP contribution >= 0.6 is 0 Å². The van der Waals surface area contributed by atoms with Gasteiger partial charge in [0.05, 0.1) is 6.54 Å². The van der Waals surface area contributed by atoms with Crippen molar-refractivity contribution in [2.24, 2.45) is 0 Å². The number of carbonyl (C=O) groups excluding carboxylic acids is 1. The quantitative estimate of drug-likeness (QED) is 0.821. The topological polar surface area (TPSA) is 44.8 Å². The molecule has 1 N–H and O–H groups in total. The van der Waals surface area contributed by atoms with E-state index in [0.717, 1.165) is 51.1 Å². The van der Waals surface area contributed by atoms with Crippen LogP contribution in [0.25, 0.3) is 0 Å². The van der Waals surface area contributed by atoms with Crippen LogP contribution in [0.5, 0.6) is 5.75 Å². The highest BCUT2D eigenvalue weighted by Crippen LogP contribution is 2.19. The van der Waals surface area contributed by atoms with Crippen molar-refractivity contribution in [3.8, 4) is 5.75 Å². The molecule has 3 rings (SSSR count). The van der Waals surface area contributed by atoms with Gasteiger partial charge in [-0.3, -0.25) is 14.6 Å². The maximum Gasteiger partial charge on any atom is 0.387 e. The molecule has 2 fully saturated rings. The van der Waals surface area contributed by atoms with E-state index < -0.39 is 6.61 Å². The summed E-state index contributed by atoms with van der Waals surface area (Å²) in [5.41, 5.74) is 1.07. The standard InChI is InChI=1S/C17H23F2N3O2/c18-17(19)24-15-5-1-13(2-6-15)11-21-7-9-22(10-8-21)12-16(23)20-14-3-4-14/h1-2,5-6,14,17H,3-4,7-12H2,(H,20,23). The molecule has 1 saturated heterocycles. The third-order valence-corrected chi connectivity index (χ3v) is 4.33. The minimum Gasteiger partial charge on any atom is -0.435 e. The summed E-state index contributed by atoms with van der Waals surface area (Å²) in [4.78, 5) is 16.3. The van der Waals surface area contributed by atoms with Crippen molar-refractivity contribution in [1.82, 2.24) is 15.1 Å². The van der Waals surface area contributed by atoms with Gasteiger partial charge in [-0.2, -0.15) is 8.78 Å². The summed E-state index contributed by atoms with van der Waals surface area (Å²) in [5.74, 6) is 0.306. The molecule has 0 aromatic heterocycles. The van der Waals surface area contributed by atoms with E-state index in [0.29, 0.717) is 12.6 Å². The third kappa shape index (κ3) is 5.42. The van der Waals surface area contributed by atoms with Gasteiger partial charge in [0.1, 0.15) is 5.75 Å². The van der Waals surface area contributed by atoms with Crippen molar-refractivity contribution in [1.29, 1.82) is 0 Å². The van der Waals surface area contributed by atoms with E-state index in [1.165, 1.54) is 0 Å². The largest absolute Gasteiger partial charge is 0.435 e. The molecule has 1 aromatic rings. The predicted molar refractivity (Wildman–Crippen MR) is 86.0 cm³/mol. The minimum atomic E-state index is -2.79. The Morgan fingerprint density at radius 2 is 1.75 bits per heavy atom. The van der Waals surface area contributed by atoms with Crippen LogP contribution in [0, 0.1) is 0 Å². The molecule has 1 saturated carbocycles. The Hall–Kier alpha value is -1.73. The number of alkyl halides is 2. The van der Waals surface area contributed by atoms with Gasteiger partial charge < -0.3 is 10.1 Å². The van der Waals surface area contributed by atoms with Crippen LogP contribution in [0.4, 0.5) is 8.78 Å². The molecule has 1 aliphatic carbocycles. The Labute approximate surface area is 140 Å². The average molecular weight is 339 g/mol. The molecule has 0 bridgehead atoms. The number of benzene rings is 1. The summed E-state index contributed by atoms with van der Waals surface area (Å²) in [6.07, 6.45) is 2.22. The lowest BCUT2D eigenvalue weighted by Gasteiger charge is -2.34. The van der Waals surface area contributed by atoms with Crippen molar-refractivity contribution >= 4 is 5.91 Å². The lowest BCUT2D eigenvalue weighted by molar-refractivity contribution is -0.122. The summed E-state index contributed by atoms with van der Waals surface area (Å²) in [5, 5.41) is 3.01. The van der Waals surface area contributed by atoms with Gasteiger partial charge in [-0.1, -0.05) is 12.1 Å². The first-order valence-corrected chi connectivity index (χ1v) is 8.36. The molecule has 1 aliphatic heterocycles. The molecule has 24 heavy (non-hydrogen) atoms. The maximum atomic E-state index is 12.1. The van der Waals surface area contributed by atoms with Crippen LogP contribution in [0.15, 0.2) is 24.3 Å². The van der Waals surface area contributed by atoms with E-state index in [9.17, 15) is 13.6 Å². The smallest absolute Gasteiger partial charge is 0.387 e. The molecule has 2 aliphatic rings. The predicted octanol–water partition coefficient (Wildman–Crippen LogP) is 1.68. The van der Waals surface area contributed by atoms with Gasteiger partial charge in [-0.25, -0.2) is 0 Å². The van der Waals surface area contributed by atoms with E-state index in [4.69, 9.17) is 0 Å². The zero-order valence-corrected chi connectivity index (χ0v) is 13.6. The second-order valence-electron chi connectivity index (χ2n) is 6.42. The van der Waals surface area contributed by atoms with E-state index in [2.05, 4.69) is 19.9 Å². The number of amides is 1. The summed E-state index contributed by atoms with van der Waals surface area (Å²) >= 11 is 0. The van der Waals surface area contributed by atoms with Crippen molar-refractivity contribution in [2.45, 2.75) is 32.0 Å². The molecule has 1 heterocycles. The van der Waals surface area contributed by atoms with Gasteiger partial charge in [0, 0.05) is 38.8 Å². The monoisotopic (exact) mass is 339 g/mol. The first-order chi connectivity index (χ1) is 11.6. The molecule has 5 nitrogen and oxygen atoms in total. The fourth-order valence-corrected chi connectivity index (χ4v) is 2.84. The van der Waals surface area contributed by atoms with Crippen LogP contribution in [0.3, 0.4) is 0 Å². The first-order valence-electron chi connectivity index (χ1n) is 8.36. The van der Waals surface area contributed by atoms with Crippen molar-refractivity contribution in [2.75, 3.05) is 32.7 Å². The van der Waals surface area contributed by atoms with Gasteiger partial charge in [0.25, 0.3) is 0 Å². The Bertz CT molecular complexity index is 541. The lowest BCUT2D eigenvalue weighted by Crippen LogP contribution is -2.49. The van der Waals surface area contributed by atoms with Crippen LogP contribution in [-0.4, -0.2) is 61.1 Å². The molecular weight excluding hydrogens is 316 g/mol. The third-order valence-electron chi connectivity index (χ3n) is 4.33. The number of hydrogen-bond acceptors (Lipinski definition) is 4. The molecule has 1 aromatic carbocycles. The van der Waals surface area contributed by atoms with Crippen LogP contribution in [0.2, 0.25) is 0 Å². The van der Waals surface area contributed by atoms with Gasteiger partial charge in [0.15, 0.2) is 0 Å².